The third-order valence-electron chi connectivity index (χ3n) is 2.02. The average molecular weight is 338 g/mol. The maximum Gasteiger partial charge on any atom is 0.165 e. The van der Waals surface area contributed by atoms with E-state index in [2.05, 4.69) is 31.9 Å². The van der Waals surface area contributed by atoms with Crippen molar-refractivity contribution >= 4 is 37.6 Å². The Morgan fingerprint density at radius 2 is 2.07 bits per heavy atom. The van der Waals surface area contributed by atoms with Gasteiger partial charge in [-0.2, -0.15) is 0 Å². The number of halogens is 3. The lowest BCUT2D eigenvalue weighted by molar-refractivity contribution is 0.0976. The Balaban J connectivity index is 2.65. The summed E-state index contributed by atoms with van der Waals surface area (Å²) in [6, 6.07) is 4.52. The summed E-state index contributed by atoms with van der Waals surface area (Å²) >= 11 is 6.44. The standard InChI is InChI=1S/C11H11Br2FO/c12-6-2-1-3-11(15)9-5-4-8(13)7-10(9)14/h4-5,7H,1-3,6H2. The van der Waals surface area contributed by atoms with Crippen LogP contribution < -0.4 is 0 Å². The van der Waals surface area contributed by atoms with Crippen LogP contribution in [0.2, 0.25) is 0 Å². The van der Waals surface area contributed by atoms with Gasteiger partial charge in [-0.25, -0.2) is 4.39 Å². The van der Waals surface area contributed by atoms with Gasteiger partial charge in [-0.3, -0.25) is 4.79 Å². The van der Waals surface area contributed by atoms with Crippen LogP contribution in [0.4, 0.5) is 4.39 Å². The van der Waals surface area contributed by atoms with Crippen LogP contribution in [-0.4, -0.2) is 11.1 Å². The molecule has 0 spiro atoms. The Labute approximate surface area is 105 Å². The maximum absolute atomic E-state index is 13.3. The van der Waals surface area contributed by atoms with Gasteiger partial charge in [0, 0.05) is 16.2 Å². The van der Waals surface area contributed by atoms with Gasteiger partial charge in [0.2, 0.25) is 0 Å². The minimum atomic E-state index is -0.451. The monoisotopic (exact) mass is 336 g/mol. The van der Waals surface area contributed by atoms with Gasteiger partial charge in [0.25, 0.3) is 0 Å². The highest BCUT2D eigenvalue weighted by Gasteiger charge is 2.11. The largest absolute Gasteiger partial charge is 0.294 e. The van der Waals surface area contributed by atoms with Gasteiger partial charge < -0.3 is 0 Å². The van der Waals surface area contributed by atoms with Crippen LogP contribution in [0.5, 0.6) is 0 Å². The van der Waals surface area contributed by atoms with Crippen LogP contribution in [0.1, 0.15) is 29.6 Å². The summed E-state index contributed by atoms with van der Waals surface area (Å²) in [4.78, 5) is 11.6. The lowest BCUT2D eigenvalue weighted by Gasteiger charge is -2.02. The highest BCUT2D eigenvalue weighted by Crippen LogP contribution is 2.17. The lowest BCUT2D eigenvalue weighted by atomic mass is 10.1. The molecule has 1 aromatic rings. The zero-order valence-electron chi connectivity index (χ0n) is 8.10. The molecule has 0 saturated heterocycles. The molecule has 0 bridgehead atoms. The molecule has 0 radical (unpaired) electrons. The van der Waals surface area contributed by atoms with Crippen molar-refractivity contribution in [2.45, 2.75) is 19.3 Å². The van der Waals surface area contributed by atoms with Crippen LogP contribution in [0.25, 0.3) is 0 Å². The smallest absolute Gasteiger partial charge is 0.165 e. The first-order valence-corrected chi connectivity index (χ1v) is 6.61. The first-order chi connectivity index (χ1) is 7.15. The molecular formula is C11H11Br2FO. The van der Waals surface area contributed by atoms with Crippen molar-refractivity contribution < 1.29 is 9.18 Å². The van der Waals surface area contributed by atoms with Crippen molar-refractivity contribution in [3.63, 3.8) is 0 Å². The third-order valence-corrected chi connectivity index (χ3v) is 3.07. The van der Waals surface area contributed by atoms with Crippen molar-refractivity contribution in [3.05, 3.63) is 34.1 Å². The Morgan fingerprint density at radius 3 is 2.67 bits per heavy atom. The number of carbonyl (C=O) groups is 1. The van der Waals surface area contributed by atoms with Gasteiger partial charge in [0.15, 0.2) is 5.78 Å². The second kappa shape index (κ2) is 6.38. The first-order valence-electron chi connectivity index (χ1n) is 4.69. The zero-order valence-corrected chi connectivity index (χ0v) is 11.3. The predicted molar refractivity (Wildman–Crippen MR) is 66.1 cm³/mol. The van der Waals surface area contributed by atoms with Gasteiger partial charge in [-0.05, 0) is 31.0 Å². The van der Waals surface area contributed by atoms with E-state index >= 15 is 0 Å². The molecule has 0 saturated carbocycles. The van der Waals surface area contributed by atoms with E-state index in [1.165, 1.54) is 12.1 Å². The van der Waals surface area contributed by atoms with Crippen molar-refractivity contribution in [2.24, 2.45) is 0 Å². The molecule has 1 aromatic carbocycles. The summed E-state index contributed by atoms with van der Waals surface area (Å²) in [7, 11) is 0. The normalized spacial score (nSPS) is 10.3. The number of unbranched alkanes of at least 4 members (excludes halogenated alkanes) is 1. The Hall–Kier alpha value is -0.220. The van der Waals surface area contributed by atoms with Gasteiger partial charge in [0.05, 0.1) is 5.56 Å². The van der Waals surface area contributed by atoms with Crippen LogP contribution in [0.15, 0.2) is 22.7 Å². The fraction of sp³-hybridized carbons (Fsp3) is 0.364. The van der Waals surface area contributed by atoms with Crippen LogP contribution in [-0.2, 0) is 0 Å². The number of alkyl halides is 1. The van der Waals surface area contributed by atoms with Crippen molar-refractivity contribution in [1.82, 2.24) is 0 Å². The first kappa shape index (κ1) is 12.8. The number of carbonyl (C=O) groups excluding carboxylic acids is 1. The summed E-state index contributed by atoms with van der Waals surface area (Å²) in [6.45, 7) is 0. The second-order valence-corrected chi connectivity index (χ2v) is 4.90. The number of hydrogen-bond donors (Lipinski definition) is 0. The molecule has 4 heteroatoms. The Bertz CT molecular complexity index is 352. The topological polar surface area (TPSA) is 17.1 Å². The summed E-state index contributed by atoms with van der Waals surface area (Å²) in [5.74, 6) is -0.575. The molecule has 0 aliphatic carbocycles. The van der Waals surface area contributed by atoms with Gasteiger partial charge >= 0.3 is 0 Å². The van der Waals surface area contributed by atoms with Crippen molar-refractivity contribution in [1.29, 1.82) is 0 Å². The predicted octanol–water partition coefficient (Wildman–Crippen LogP) is 4.34. The molecule has 1 rings (SSSR count). The minimum Gasteiger partial charge on any atom is -0.294 e. The van der Waals surface area contributed by atoms with E-state index in [1.54, 1.807) is 6.07 Å². The number of rotatable bonds is 5. The van der Waals surface area contributed by atoms with E-state index in [4.69, 9.17) is 0 Å². The summed E-state index contributed by atoms with van der Waals surface area (Å²) in [5.41, 5.74) is 0.188. The maximum atomic E-state index is 13.3. The molecule has 0 aliphatic heterocycles. The van der Waals surface area contributed by atoms with Crippen LogP contribution in [0.3, 0.4) is 0 Å². The highest BCUT2D eigenvalue weighted by atomic mass is 79.9. The third kappa shape index (κ3) is 4.03. The average Bonchev–Trinajstić information content (AvgIpc) is 2.17. The molecule has 0 amide bonds. The molecule has 0 atom stereocenters. The molecule has 0 aromatic heterocycles. The van der Waals surface area contributed by atoms with E-state index in [-0.39, 0.29) is 11.3 Å². The molecule has 82 valence electrons. The van der Waals surface area contributed by atoms with E-state index in [1.807, 2.05) is 0 Å². The van der Waals surface area contributed by atoms with Gasteiger partial charge in [0.1, 0.15) is 5.82 Å². The molecule has 1 nitrogen and oxygen atoms in total. The highest BCUT2D eigenvalue weighted by molar-refractivity contribution is 9.10. The summed E-state index contributed by atoms with van der Waals surface area (Å²) < 4.78 is 14.0. The van der Waals surface area contributed by atoms with E-state index in [9.17, 15) is 9.18 Å². The SMILES string of the molecule is O=C(CCCCBr)c1ccc(Br)cc1F. The van der Waals surface area contributed by atoms with Crippen LogP contribution in [0, 0.1) is 5.82 Å². The number of hydrogen-bond acceptors (Lipinski definition) is 1. The number of Topliss-reactive ketones (excluding diaryl/α,β-unsaturated/α-hetero) is 1. The molecule has 0 aliphatic rings. The zero-order chi connectivity index (χ0) is 11.3. The molecular weight excluding hydrogens is 327 g/mol. The van der Waals surface area contributed by atoms with Crippen LogP contribution >= 0.6 is 31.9 Å². The van der Waals surface area contributed by atoms with E-state index in [0.717, 1.165) is 18.2 Å². The number of benzene rings is 1. The fourth-order valence-electron chi connectivity index (χ4n) is 1.23. The second-order valence-electron chi connectivity index (χ2n) is 3.19. The van der Waals surface area contributed by atoms with Gasteiger partial charge in [-0.15, -0.1) is 0 Å². The summed E-state index contributed by atoms with van der Waals surface area (Å²) in [5, 5.41) is 0.878. The summed E-state index contributed by atoms with van der Waals surface area (Å²) in [6.07, 6.45) is 2.13. The minimum absolute atomic E-state index is 0.124. The van der Waals surface area contributed by atoms with Gasteiger partial charge in [-0.1, -0.05) is 31.9 Å². The molecule has 0 heterocycles. The molecule has 0 N–H and O–H groups in total. The fourth-order valence-corrected chi connectivity index (χ4v) is 1.96. The molecule has 15 heavy (non-hydrogen) atoms. The Kier molecular flexibility index (Phi) is 5.47. The van der Waals surface area contributed by atoms with Crippen molar-refractivity contribution in [3.8, 4) is 0 Å². The van der Waals surface area contributed by atoms with E-state index < -0.39 is 5.82 Å². The van der Waals surface area contributed by atoms with Crippen molar-refractivity contribution in [2.75, 3.05) is 5.33 Å². The van der Waals surface area contributed by atoms with E-state index in [0.29, 0.717) is 10.9 Å². The molecule has 0 fully saturated rings. The molecule has 0 unspecified atom stereocenters. The lowest BCUT2D eigenvalue weighted by Crippen LogP contribution is -2.02. The number of ketones is 1. The quantitative estimate of drug-likeness (QED) is 0.444. The Morgan fingerprint density at radius 1 is 1.33 bits per heavy atom.